The molecule has 1 aromatic heterocycles. The largest absolute Gasteiger partial charge is 0.379 e. The van der Waals surface area contributed by atoms with Crippen LogP contribution in [0.5, 0.6) is 0 Å². The average Bonchev–Trinajstić information content (AvgIpc) is 3.46. The molecule has 0 aliphatic carbocycles. The van der Waals surface area contributed by atoms with Gasteiger partial charge in [0.2, 0.25) is 0 Å². The number of nitrogens with zero attached hydrogens (tertiary/aromatic N) is 3. The standard InChI is InChI=1S/C21H28N4O3S2.HI/c1-22-21(24-10-9-18(16-24)17-5-3-2-4-6-17)23-15-19-7-8-20(29-19)30(26,27)25-11-13-28-14-12-25;/h2-8,18H,9-16H2,1H3,(H,22,23);1H. The van der Waals surface area contributed by atoms with Gasteiger partial charge in [0, 0.05) is 44.0 Å². The van der Waals surface area contributed by atoms with Crippen LogP contribution in [0.25, 0.3) is 0 Å². The summed E-state index contributed by atoms with van der Waals surface area (Å²) in [4.78, 5) is 7.69. The fourth-order valence-corrected chi connectivity index (χ4v) is 6.81. The molecule has 1 unspecified atom stereocenters. The Hall–Kier alpha value is -1.21. The van der Waals surface area contributed by atoms with E-state index in [0.717, 1.165) is 30.3 Å². The van der Waals surface area contributed by atoms with E-state index in [9.17, 15) is 8.42 Å². The normalized spacial score (nSPS) is 20.5. The minimum atomic E-state index is -3.44. The van der Waals surface area contributed by atoms with Crippen molar-refractivity contribution in [3.63, 3.8) is 0 Å². The number of likely N-dealkylation sites (tertiary alicyclic amines) is 1. The number of thiophene rings is 1. The second-order valence-electron chi connectivity index (χ2n) is 7.48. The molecule has 0 radical (unpaired) electrons. The molecule has 4 rings (SSSR count). The van der Waals surface area contributed by atoms with Crippen LogP contribution in [0.3, 0.4) is 0 Å². The molecule has 0 saturated carbocycles. The van der Waals surface area contributed by atoms with Crippen molar-refractivity contribution in [1.29, 1.82) is 0 Å². The van der Waals surface area contributed by atoms with Crippen LogP contribution in [0.4, 0.5) is 0 Å². The van der Waals surface area contributed by atoms with E-state index in [2.05, 4.69) is 39.5 Å². The summed E-state index contributed by atoms with van der Waals surface area (Å²) < 4.78 is 32.8. The van der Waals surface area contributed by atoms with Crippen molar-refractivity contribution < 1.29 is 13.2 Å². The van der Waals surface area contributed by atoms with Crippen LogP contribution in [0, 0.1) is 0 Å². The van der Waals surface area contributed by atoms with Gasteiger partial charge in [-0.25, -0.2) is 8.42 Å². The number of ether oxygens (including phenoxy) is 1. The zero-order valence-corrected chi connectivity index (χ0v) is 21.5. The fraction of sp³-hybridized carbons (Fsp3) is 0.476. The van der Waals surface area contributed by atoms with Crippen LogP contribution in [-0.4, -0.2) is 70.0 Å². The molecule has 1 aromatic carbocycles. The van der Waals surface area contributed by atoms with E-state index in [0.29, 0.717) is 43.0 Å². The Balaban J connectivity index is 0.00000272. The molecule has 2 aliphatic rings. The van der Waals surface area contributed by atoms with Gasteiger partial charge in [-0.2, -0.15) is 4.31 Å². The first kappa shape index (κ1) is 24.4. The van der Waals surface area contributed by atoms with Gasteiger partial charge in [-0.1, -0.05) is 30.3 Å². The van der Waals surface area contributed by atoms with Crippen molar-refractivity contribution in [3.05, 3.63) is 52.9 Å². The van der Waals surface area contributed by atoms with Gasteiger partial charge in [0.15, 0.2) is 5.96 Å². The van der Waals surface area contributed by atoms with E-state index < -0.39 is 10.0 Å². The van der Waals surface area contributed by atoms with Crippen molar-refractivity contribution in [3.8, 4) is 0 Å². The molecule has 0 amide bonds. The van der Waals surface area contributed by atoms with Crippen LogP contribution < -0.4 is 5.32 Å². The van der Waals surface area contributed by atoms with Gasteiger partial charge in [0.05, 0.1) is 19.8 Å². The molecule has 1 atom stereocenters. The molecule has 7 nitrogen and oxygen atoms in total. The molecule has 1 N–H and O–H groups in total. The lowest BCUT2D eigenvalue weighted by atomic mass is 9.99. The van der Waals surface area contributed by atoms with Crippen molar-refractivity contribution in [1.82, 2.24) is 14.5 Å². The number of benzene rings is 1. The summed E-state index contributed by atoms with van der Waals surface area (Å²) in [6.45, 7) is 4.19. The predicted molar refractivity (Wildman–Crippen MR) is 135 cm³/mol. The Morgan fingerprint density at radius 2 is 1.90 bits per heavy atom. The van der Waals surface area contributed by atoms with E-state index in [1.165, 1.54) is 21.2 Å². The zero-order valence-electron chi connectivity index (χ0n) is 17.6. The van der Waals surface area contributed by atoms with Gasteiger partial charge in [0.1, 0.15) is 4.21 Å². The summed E-state index contributed by atoms with van der Waals surface area (Å²) in [5.41, 5.74) is 1.37. The van der Waals surface area contributed by atoms with Crippen LogP contribution in [0.15, 0.2) is 51.7 Å². The van der Waals surface area contributed by atoms with Crippen LogP contribution in [0.2, 0.25) is 0 Å². The minimum absolute atomic E-state index is 0. The lowest BCUT2D eigenvalue weighted by molar-refractivity contribution is 0.0731. The van der Waals surface area contributed by atoms with Crippen molar-refractivity contribution in [2.45, 2.75) is 23.1 Å². The third-order valence-corrected chi connectivity index (χ3v) is 9.04. The number of guanidine groups is 1. The van der Waals surface area contributed by atoms with Crippen molar-refractivity contribution >= 4 is 51.3 Å². The molecule has 2 saturated heterocycles. The Morgan fingerprint density at radius 3 is 2.61 bits per heavy atom. The molecule has 0 bridgehead atoms. The van der Waals surface area contributed by atoms with E-state index in [4.69, 9.17) is 4.74 Å². The van der Waals surface area contributed by atoms with Gasteiger partial charge in [-0.15, -0.1) is 35.3 Å². The summed E-state index contributed by atoms with van der Waals surface area (Å²) >= 11 is 1.32. The molecule has 170 valence electrons. The molecule has 2 fully saturated rings. The molecule has 10 heteroatoms. The molecule has 2 aliphatic heterocycles. The van der Waals surface area contributed by atoms with Gasteiger partial charge < -0.3 is 15.0 Å². The third-order valence-electron chi connectivity index (χ3n) is 5.59. The van der Waals surface area contributed by atoms with Crippen molar-refractivity contribution in [2.24, 2.45) is 4.99 Å². The smallest absolute Gasteiger partial charge is 0.252 e. The zero-order chi connectivity index (χ0) is 21.0. The topological polar surface area (TPSA) is 74.2 Å². The first-order valence-electron chi connectivity index (χ1n) is 10.2. The maximum absolute atomic E-state index is 12.8. The highest BCUT2D eigenvalue weighted by atomic mass is 127. The molecule has 31 heavy (non-hydrogen) atoms. The summed E-state index contributed by atoms with van der Waals surface area (Å²) in [6, 6.07) is 14.2. The molecule has 3 heterocycles. The van der Waals surface area contributed by atoms with Gasteiger partial charge in [-0.3, -0.25) is 4.99 Å². The number of hydrogen-bond acceptors (Lipinski definition) is 5. The highest BCUT2D eigenvalue weighted by Gasteiger charge is 2.28. The number of hydrogen-bond donors (Lipinski definition) is 1. The SMILES string of the molecule is CN=C(NCc1ccc(S(=O)(=O)N2CCOCC2)s1)N1CCC(c2ccccc2)C1.I. The predicted octanol–water partition coefficient (Wildman–Crippen LogP) is 2.95. The van der Waals surface area contributed by atoms with E-state index in [-0.39, 0.29) is 24.0 Å². The number of halogens is 1. The van der Waals surface area contributed by atoms with Gasteiger partial charge in [-0.05, 0) is 24.1 Å². The number of sulfonamides is 1. The van der Waals surface area contributed by atoms with Gasteiger partial charge >= 0.3 is 0 Å². The Morgan fingerprint density at radius 1 is 1.16 bits per heavy atom. The first-order chi connectivity index (χ1) is 14.6. The maximum atomic E-state index is 12.8. The number of rotatable bonds is 5. The summed E-state index contributed by atoms with van der Waals surface area (Å²) in [5, 5.41) is 3.40. The van der Waals surface area contributed by atoms with E-state index in [1.54, 1.807) is 13.1 Å². The Labute approximate surface area is 205 Å². The highest BCUT2D eigenvalue weighted by molar-refractivity contribution is 14.0. The van der Waals surface area contributed by atoms with Crippen molar-refractivity contribution in [2.75, 3.05) is 46.4 Å². The molecule has 2 aromatic rings. The van der Waals surface area contributed by atoms with Gasteiger partial charge in [0.25, 0.3) is 10.0 Å². The second kappa shape index (κ2) is 11.1. The quantitative estimate of drug-likeness (QED) is 0.337. The fourth-order valence-electron chi connectivity index (χ4n) is 3.95. The average molecular weight is 577 g/mol. The highest BCUT2D eigenvalue weighted by Crippen LogP contribution is 2.28. The van der Waals surface area contributed by atoms with Crippen LogP contribution >= 0.6 is 35.3 Å². The molecule has 0 spiro atoms. The summed E-state index contributed by atoms with van der Waals surface area (Å²) in [7, 11) is -1.64. The monoisotopic (exact) mass is 576 g/mol. The molecular weight excluding hydrogens is 547 g/mol. The second-order valence-corrected chi connectivity index (χ2v) is 10.8. The van der Waals surface area contributed by atoms with E-state index in [1.807, 2.05) is 12.1 Å². The van der Waals surface area contributed by atoms with Crippen LogP contribution in [0.1, 0.15) is 22.8 Å². The summed E-state index contributed by atoms with van der Waals surface area (Å²) in [6.07, 6.45) is 1.10. The first-order valence-corrected chi connectivity index (χ1v) is 12.5. The minimum Gasteiger partial charge on any atom is -0.379 e. The number of aliphatic imine (C=N–C) groups is 1. The lowest BCUT2D eigenvalue weighted by Crippen LogP contribution is -2.40. The number of nitrogens with one attached hydrogen (secondary N) is 1. The Kier molecular flexibility index (Phi) is 8.74. The molecular formula is C21H29IN4O3S2. The van der Waals surface area contributed by atoms with Crippen LogP contribution in [-0.2, 0) is 21.3 Å². The number of morpholine rings is 1. The van der Waals surface area contributed by atoms with E-state index >= 15 is 0 Å². The maximum Gasteiger partial charge on any atom is 0.252 e. The Bertz CT molecular complexity index is 976. The lowest BCUT2D eigenvalue weighted by Gasteiger charge is -2.25. The summed E-state index contributed by atoms with van der Waals surface area (Å²) in [5.74, 6) is 1.37. The third kappa shape index (κ3) is 5.78.